The number of aryl methyl sites for hydroxylation is 1. The lowest BCUT2D eigenvalue weighted by molar-refractivity contribution is 0.0825. The van der Waals surface area contributed by atoms with E-state index >= 15 is 0 Å². The molecule has 2 aliphatic rings. The van der Waals surface area contributed by atoms with Gasteiger partial charge in [0.05, 0.1) is 14.2 Å². The van der Waals surface area contributed by atoms with E-state index in [0.29, 0.717) is 12.1 Å². The highest BCUT2D eigenvalue weighted by molar-refractivity contribution is 5.94. The number of carbonyl (C=O) groups excluding carboxylic acids is 1. The summed E-state index contributed by atoms with van der Waals surface area (Å²) in [7, 11) is 3.41. The number of carbonyl (C=O) groups is 1. The molecule has 2 aromatic carbocycles. The Balaban J connectivity index is 1.42. The van der Waals surface area contributed by atoms with E-state index in [1.807, 2.05) is 43.3 Å². The number of rotatable bonds is 6. The molecule has 1 amide bonds. The smallest absolute Gasteiger partial charge is 0.251 e. The summed E-state index contributed by atoms with van der Waals surface area (Å²) < 4.78 is 11.0. The van der Waals surface area contributed by atoms with Crippen LogP contribution < -0.4 is 14.8 Å². The Morgan fingerprint density at radius 1 is 1.03 bits per heavy atom. The molecule has 29 heavy (non-hydrogen) atoms. The van der Waals surface area contributed by atoms with Gasteiger partial charge in [0.15, 0.2) is 0 Å². The highest BCUT2D eigenvalue weighted by Gasteiger charge is 2.41. The second kappa shape index (κ2) is 8.46. The summed E-state index contributed by atoms with van der Waals surface area (Å²) in [6, 6.07) is 15.0. The first-order chi connectivity index (χ1) is 14.1. The van der Waals surface area contributed by atoms with Gasteiger partial charge < -0.3 is 14.8 Å². The predicted octanol–water partition coefficient (Wildman–Crippen LogP) is 3.94. The molecule has 4 rings (SSSR count). The van der Waals surface area contributed by atoms with E-state index in [4.69, 9.17) is 9.47 Å². The van der Waals surface area contributed by atoms with Gasteiger partial charge in [-0.2, -0.15) is 0 Å². The summed E-state index contributed by atoms with van der Waals surface area (Å²) in [4.78, 5) is 15.2. The zero-order valence-electron chi connectivity index (χ0n) is 17.5. The average Bonchev–Trinajstić information content (AvgIpc) is 2.96. The monoisotopic (exact) mass is 394 g/mol. The summed E-state index contributed by atoms with van der Waals surface area (Å²) in [5.41, 5.74) is 3.07. The number of hydrogen-bond donors (Lipinski definition) is 1. The zero-order valence-corrected chi connectivity index (χ0v) is 17.5. The quantitative estimate of drug-likeness (QED) is 0.806. The molecule has 2 aromatic rings. The van der Waals surface area contributed by atoms with Crippen LogP contribution in [0.15, 0.2) is 42.5 Å². The predicted molar refractivity (Wildman–Crippen MR) is 114 cm³/mol. The third kappa shape index (κ3) is 4.25. The van der Waals surface area contributed by atoms with Gasteiger partial charge in [-0.15, -0.1) is 0 Å². The summed E-state index contributed by atoms with van der Waals surface area (Å²) in [5.74, 6) is 1.80. The van der Waals surface area contributed by atoms with Crippen molar-refractivity contribution in [3.05, 3.63) is 59.2 Å². The number of piperidine rings is 1. The minimum Gasteiger partial charge on any atom is -0.497 e. The van der Waals surface area contributed by atoms with Crippen molar-refractivity contribution in [2.75, 3.05) is 14.2 Å². The molecule has 154 valence electrons. The maximum Gasteiger partial charge on any atom is 0.251 e. The minimum absolute atomic E-state index is 0.0392. The number of nitrogens with one attached hydrogen (secondary N) is 1. The van der Waals surface area contributed by atoms with Crippen LogP contribution in [0.1, 0.15) is 47.2 Å². The number of nitrogens with zero attached hydrogens (tertiary/aromatic N) is 1. The van der Waals surface area contributed by atoms with Gasteiger partial charge in [-0.05, 0) is 62.9 Å². The second-order valence-electron chi connectivity index (χ2n) is 8.24. The largest absolute Gasteiger partial charge is 0.497 e. The van der Waals surface area contributed by atoms with Crippen molar-refractivity contribution in [2.24, 2.45) is 0 Å². The van der Waals surface area contributed by atoms with Crippen molar-refractivity contribution >= 4 is 5.91 Å². The molecule has 2 atom stereocenters. The average molecular weight is 395 g/mol. The molecule has 2 saturated heterocycles. The van der Waals surface area contributed by atoms with Gasteiger partial charge in [0.25, 0.3) is 5.91 Å². The maximum absolute atomic E-state index is 12.6. The standard InChI is InChI=1S/C24H30N2O3/c1-16-4-6-17(7-5-16)24(27)25-19-13-20-8-9-21(14-19)26(20)15-18-12-22(28-2)10-11-23(18)29-3/h4-7,10-12,19-21H,8-9,13-15H2,1-3H3,(H,25,27). The van der Waals surface area contributed by atoms with E-state index in [2.05, 4.69) is 16.3 Å². The molecule has 5 nitrogen and oxygen atoms in total. The van der Waals surface area contributed by atoms with E-state index in [9.17, 15) is 4.79 Å². The van der Waals surface area contributed by atoms with Gasteiger partial charge in [-0.25, -0.2) is 0 Å². The van der Waals surface area contributed by atoms with Crippen molar-refractivity contribution < 1.29 is 14.3 Å². The fourth-order valence-electron chi connectivity index (χ4n) is 4.83. The Bertz CT molecular complexity index is 851. The summed E-state index contributed by atoms with van der Waals surface area (Å²) >= 11 is 0. The molecule has 0 aliphatic carbocycles. The van der Waals surface area contributed by atoms with Crippen LogP contribution in [0.3, 0.4) is 0 Å². The Kier molecular flexibility index (Phi) is 5.76. The van der Waals surface area contributed by atoms with E-state index in [1.54, 1.807) is 14.2 Å². The molecule has 2 unspecified atom stereocenters. The molecule has 0 spiro atoms. The summed E-state index contributed by atoms with van der Waals surface area (Å²) in [5, 5.41) is 3.27. The van der Waals surface area contributed by atoms with Crippen LogP contribution in [0.2, 0.25) is 0 Å². The fourth-order valence-corrected chi connectivity index (χ4v) is 4.83. The van der Waals surface area contributed by atoms with Crippen molar-refractivity contribution in [1.82, 2.24) is 10.2 Å². The molecule has 2 fully saturated rings. The number of amides is 1. The number of hydrogen-bond acceptors (Lipinski definition) is 4. The van der Waals surface area contributed by atoms with Crippen molar-refractivity contribution in [2.45, 2.75) is 57.3 Å². The first-order valence-electron chi connectivity index (χ1n) is 10.4. The first kappa shape index (κ1) is 19.8. The fraction of sp³-hybridized carbons (Fsp3) is 0.458. The molecule has 2 heterocycles. The van der Waals surface area contributed by atoms with Gasteiger partial charge in [0, 0.05) is 35.8 Å². The van der Waals surface area contributed by atoms with Gasteiger partial charge in [0.2, 0.25) is 0 Å². The Labute approximate surface area is 173 Å². The van der Waals surface area contributed by atoms with Gasteiger partial charge in [-0.1, -0.05) is 17.7 Å². The van der Waals surface area contributed by atoms with E-state index in [-0.39, 0.29) is 11.9 Å². The topological polar surface area (TPSA) is 50.8 Å². The Morgan fingerprint density at radius 3 is 2.34 bits per heavy atom. The normalized spacial score (nSPS) is 23.6. The van der Waals surface area contributed by atoms with Crippen LogP contribution >= 0.6 is 0 Å². The van der Waals surface area contributed by atoms with Crippen LogP contribution in [0.25, 0.3) is 0 Å². The SMILES string of the molecule is COc1ccc(OC)c(CN2C3CCC2CC(NC(=O)c2ccc(C)cc2)C3)c1. The van der Waals surface area contributed by atoms with Gasteiger partial charge >= 0.3 is 0 Å². The number of ether oxygens (including phenoxy) is 2. The minimum atomic E-state index is 0.0392. The number of fused-ring (bicyclic) bond motifs is 2. The third-order valence-corrected chi connectivity index (χ3v) is 6.37. The van der Waals surface area contributed by atoms with E-state index in [1.165, 1.54) is 18.4 Å². The molecule has 0 radical (unpaired) electrons. The van der Waals surface area contributed by atoms with Crippen molar-refractivity contribution in [1.29, 1.82) is 0 Å². The number of benzene rings is 2. The molecular formula is C24H30N2O3. The second-order valence-corrected chi connectivity index (χ2v) is 8.24. The lowest BCUT2D eigenvalue weighted by Crippen LogP contribution is -2.50. The van der Waals surface area contributed by atoms with E-state index < -0.39 is 0 Å². The molecule has 1 N–H and O–H groups in total. The zero-order chi connectivity index (χ0) is 20.4. The summed E-state index contributed by atoms with van der Waals surface area (Å²) in [6.45, 7) is 2.89. The lowest BCUT2D eigenvalue weighted by Gasteiger charge is -2.39. The van der Waals surface area contributed by atoms with Crippen LogP contribution in [-0.2, 0) is 6.54 Å². The molecule has 2 aliphatic heterocycles. The highest BCUT2D eigenvalue weighted by Crippen LogP contribution is 2.38. The van der Waals surface area contributed by atoms with Gasteiger partial charge in [0.1, 0.15) is 11.5 Å². The van der Waals surface area contributed by atoms with Crippen LogP contribution in [0.5, 0.6) is 11.5 Å². The molecule has 5 heteroatoms. The Morgan fingerprint density at radius 2 is 1.72 bits per heavy atom. The van der Waals surface area contributed by atoms with Crippen molar-refractivity contribution in [3.63, 3.8) is 0 Å². The third-order valence-electron chi connectivity index (χ3n) is 6.37. The van der Waals surface area contributed by atoms with Crippen LogP contribution in [-0.4, -0.2) is 43.2 Å². The lowest BCUT2D eigenvalue weighted by atomic mass is 9.96. The van der Waals surface area contributed by atoms with Crippen LogP contribution in [0.4, 0.5) is 0 Å². The first-order valence-corrected chi connectivity index (χ1v) is 10.4. The van der Waals surface area contributed by atoms with Crippen molar-refractivity contribution in [3.8, 4) is 11.5 Å². The summed E-state index contributed by atoms with van der Waals surface area (Å²) in [6.07, 6.45) is 4.38. The number of methoxy groups -OCH3 is 2. The molecular weight excluding hydrogens is 364 g/mol. The van der Waals surface area contributed by atoms with Crippen LogP contribution in [0, 0.1) is 6.92 Å². The molecule has 2 bridgehead atoms. The molecule has 0 aromatic heterocycles. The Hall–Kier alpha value is -2.53. The molecule has 0 saturated carbocycles. The van der Waals surface area contributed by atoms with Gasteiger partial charge in [-0.3, -0.25) is 9.69 Å². The maximum atomic E-state index is 12.6. The van der Waals surface area contributed by atoms with E-state index in [0.717, 1.165) is 42.0 Å². The highest BCUT2D eigenvalue weighted by atomic mass is 16.5.